The van der Waals surface area contributed by atoms with Crippen molar-refractivity contribution in [2.75, 3.05) is 5.32 Å². The molecule has 9 heteroatoms. The summed E-state index contributed by atoms with van der Waals surface area (Å²) in [5, 5.41) is 11.5. The Morgan fingerprint density at radius 3 is 2.76 bits per heavy atom. The predicted molar refractivity (Wildman–Crippen MR) is 144 cm³/mol. The molecule has 3 N–H and O–H groups in total. The largest absolute Gasteiger partial charge is 0.335 e. The minimum Gasteiger partial charge on any atom is -0.335 e. The van der Waals surface area contributed by atoms with Crippen molar-refractivity contribution >= 4 is 33.5 Å². The summed E-state index contributed by atoms with van der Waals surface area (Å²) < 4.78 is 0. The number of imidazole rings is 1. The Labute approximate surface area is 212 Å². The van der Waals surface area contributed by atoms with Crippen molar-refractivity contribution in [2.45, 2.75) is 26.2 Å². The highest BCUT2D eigenvalue weighted by Gasteiger charge is 2.16. The lowest BCUT2D eigenvalue weighted by atomic mass is 10.0. The van der Waals surface area contributed by atoms with Gasteiger partial charge in [-0.05, 0) is 42.3 Å². The quantitative estimate of drug-likeness (QED) is 0.263. The zero-order valence-electron chi connectivity index (χ0n) is 20.2. The number of carbonyl (C=O) groups excluding carboxylic acids is 1. The highest BCUT2D eigenvalue weighted by molar-refractivity contribution is 5.98. The van der Waals surface area contributed by atoms with Gasteiger partial charge >= 0.3 is 0 Å². The molecule has 5 heterocycles. The van der Waals surface area contributed by atoms with Crippen LogP contribution in [0.5, 0.6) is 0 Å². The van der Waals surface area contributed by atoms with E-state index in [1.54, 1.807) is 31.0 Å². The van der Waals surface area contributed by atoms with Gasteiger partial charge in [0.1, 0.15) is 11.2 Å². The molecule has 0 unspecified atom stereocenters. The third-order valence-corrected chi connectivity index (χ3v) is 6.23. The van der Waals surface area contributed by atoms with E-state index in [1.807, 2.05) is 36.4 Å². The third kappa shape index (κ3) is 4.42. The molecule has 0 aliphatic heterocycles. The molecular formula is C28H24N8O. The van der Waals surface area contributed by atoms with Crippen molar-refractivity contribution in [3.63, 3.8) is 0 Å². The SMILES string of the molecule is CCCCC(=O)Nc1cncc(-c2ccc3[nH]nc(-c4nc5c(-c6ccccn6)cncc5[nH]4)c3c2)c1. The number of anilines is 1. The molecule has 0 saturated carbocycles. The van der Waals surface area contributed by atoms with Crippen molar-refractivity contribution in [2.24, 2.45) is 0 Å². The minimum atomic E-state index is -0.00202. The van der Waals surface area contributed by atoms with Gasteiger partial charge in [-0.25, -0.2) is 4.98 Å². The first kappa shape index (κ1) is 22.5. The van der Waals surface area contributed by atoms with E-state index in [9.17, 15) is 4.79 Å². The van der Waals surface area contributed by atoms with E-state index >= 15 is 0 Å². The van der Waals surface area contributed by atoms with Crippen LogP contribution >= 0.6 is 0 Å². The summed E-state index contributed by atoms with van der Waals surface area (Å²) in [5.74, 6) is 0.636. The molecule has 0 atom stereocenters. The van der Waals surface area contributed by atoms with E-state index in [2.05, 4.69) is 48.4 Å². The lowest BCUT2D eigenvalue weighted by molar-refractivity contribution is -0.116. The second kappa shape index (κ2) is 9.62. The lowest BCUT2D eigenvalue weighted by Crippen LogP contribution is -2.11. The van der Waals surface area contributed by atoms with Gasteiger partial charge in [0.05, 0.1) is 34.8 Å². The number of nitrogens with one attached hydrogen (secondary N) is 3. The maximum Gasteiger partial charge on any atom is 0.224 e. The standard InChI is InChI=1S/C28H24N8O/c1-2-3-7-25(37)32-19-11-18(13-29-14-19)17-8-9-23-20(12-17)27(36-35-23)28-33-24-16-30-15-21(26(24)34-28)22-6-4-5-10-31-22/h4-6,8-16H,2-3,7H2,1H3,(H,32,37)(H,33,34)(H,35,36). The average molecular weight is 489 g/mol. The number of aromatic nitrogens is 7. The fraction of sp³-hybridized carbons (Fsp3) is 0.143. The zero-order valence-corrected chi connectivity index (χ0v) is 20.2. The van der Waals surface area contributed by atoms with Gasteiger partial charge in [0.2, 0.25) is 5.91 Å². The van der Waals surface area contributed by atoms with Gasteiger partial charge in [0.15, 0.2) is 5.82 Å². The molecule has 37 heavy (non-hydrogen) atoms. The highest BCUT2D eigenvalue weighted by atomic mass is 16.1. The van der Waals surface area contributed by atoms with Crippen LogP contribution in [0.25, 0.3) is 55.8 Å². The molecule has 0 spiro atoms. The van der Waals surface area contributed by atoms with Crippen LogP contribution in [0.3, 0.4) is 0 Å². The summed E-state index contributed by atoms with van der Waals surface area (Å²) >= 11 is 0. The Hall–Kier alpha value is -4.92. The van der Waals surface area contributed by atoms with Gasteiger partial charge < -0.3 is 10.3 Å². The zero-order chi connectivity index (χ0) is 25.2. The number of hydrogen-bond acceptors (Lipinski definition) is 6. The molecule has 5 aromatic heterocycles. The molecule has 0 saturated heterocycles. The van der Waals surface area contributed by atoms with Gasteiger partial charge in [-0.15, -0.1) is 0 Å². The summed E-state index contributed by atoms with van der Waals surface area (Å²) in [6.07, 6.45) is 11.1. The number of aromatic amines is 2. The summed E-state index contributed by atoms with van der Waals surface area (Å²) in [4.78, 5) is 33.6. The Bertz CT molecular complexity index is 1720. The van der Waals surface area contributed by atoms with E-state index in [1.165, 1.54) is 0 Å². The second-order valence-electron chi connectivity index (χ2n) is 8.83. The van der Waals surface area contributed by atoms with E-state index in [4.69, 9.17) is 4.98 Å². The van der Waals surface area contributed by atoms with E-state index in [0.717, 1.165) is 57.2 Å². The van der Waals surface area contributed by atoms with Crippen molar-refractivity contribution in [3.8, 4) is 33.9 Å². The summed E-state index contributed by atoms with van der Waals surface area (Å²) in [6, 6.07) is 13.7. The summed E-state index contributed by atoms with van der Waals surface area (Å²) in [6.45, 7) is 2.07. The Kier molecular flexibility index (Phi) is 5.86. The van der Waals surface area contributed by atoms with Gasteiger partial charge in [0, 0.05) is 41.5 Å². The maximum absolute atomic E-state index is 12.2. The van der Waals surface area contributed by atoms with Crippen LogP contribution in [-0.4, -0.2) is 41.0 Å². The topological polar surface area (TPSA) is 125 Å². The molecule has 6 rings (SSSR count). The highest BCUT2D eigenvalue weighted by Crippen LogP contribution is 2.32. The van der Waals surface area contributed by atoms with Crippen molar-refractivity contribution in [3.05, 3.63) is 73.4 Å². The third-order valence-electron chi connectivity index (χ3n) is 6.23. The number of carbonyl (C=O) groups is 1. The van der Waals surface area contributed by atoms with Gasteiger partial charge in [-0.2, -0.15) is 5.10 Å². The van der Waals surface area contributed by atoms with Crippen LogP contribution in [0.1, 0.15) is 26.2 Å². The second-order valence-corrected chi connectivity index (χ2v) is 8.83. The number of nitrogens with zero attached hydrogens (tertiary/aromatic N) is 5. The van der Waals surface area contributed by atoms with Crippen LogP contribution in [0.2, 0.25) is 0 Å². The number of pyridine rings is 3. The molecule has 1 amide bonds. The number of fused-ring (bicyclic) bond motifs is 2. The van der Waals surface area contributed by atoms with Crippen LogP contribution in [-0.2, 0) is 4.79 Å². The van der Waals surface area contributed by atoms with E-state index in [0.29, 0.717) is 23.6 Å². The molecule has 0 aliphatic carbocycles. The predicted octanol–water partition coefficient (Wildman–Crippen LogP) is 5.75. The number of H-pyrrole nitrogens is 2. The van der Waals surface area contributed by atoms with Crippen molar-refractivity contribution in [1.29, 1.82) is 0 Å². The lowest BCUT2D eigenvalue weighted by Gasteiger charge is -2.07. The fourth-order valence-electron chi connectivity index (χ4n) is 4.36. The van der Waals surface area contributed by atoms with Crippen LogP contribution in [0, 0.1) is 0 Å². The average Bonchev–Trinajstić information content (AvgIpc) is 3.56. The van der Waals surface area contributed by atoms with Gasteiger partial charge in [-0.3, -0.25) is 24.8 Å². The monoisotopic (exact) mass is 488 g/mol. The number of hydrogen-bond donors (Lipinski definition) is 3. The van der Waals surface area contributed by atoms with Gasteiger partial charge in [-0.1, -0.05) is 25.5 Å². The summed E-state index contributed by atoms with van der Waals surface area (Å²) in [7, 11) is 0. The number of amides is 1. The molecule has 182 valence electrons. The van der Waals surface area contributed by atoms with Crippen LogP contribution in [0.4, 0.5) is 5.69 Å². The number of benzene rings is 1. The van der Waals surface area contributed by atoms with E-state index < -0.39 is 0 Å². The molecular weight excluding hydrogens is 464 g/mol. The molecule has 0 bridgehead atoms. The molecule has 9 nitrogen and oxygen atoms in total. The first-order chi connectivity index (χ1) is 18.2. The number of rotatable bonds is 7. The first-order valence-corrected chi connectivity index (χ1v) is 12.2. The molecule has 0 fully saturated rings. The Morgan fingerprint density at radius 2 is 1.89 bits per heavy atom. The number of unbranched alkanes of at least 4 members (excludes halogenated alkanes) is 1. The molecule has 1 aromatic carbocycles. The normalized spacial score (nSPS) is 11.3. The fourth-order valence-corrected chi connectivity index (χ4v) is 4.36. The van der Waals surface area contributed by atoms with Gasteiger partial charge in [0.25, 0.3) is 0 Å². The summed E-state index contributed by atoms with van der Waals surface area (Å²) in [5.41, 5.74) is 7.38. The molecule has 0 radical (unpaired) electrons. The van der Waals surface area contributed by atoms with Crippen LogP contribution < -0.4 is 5.32 Å². The molecule has 0 aliphatic rings. The van der Waals surface area contributed by atoms with Crippen molar-refractivity contribution < 1.29 is 4.79 Å². The minimum absolute atomic E-state index is 0.00202. The maximum atomic E-state index is 12.2. The Morgan fingerprint density at radius 1 is 0.973 bits per heavy atom. The Balaban J connectivity index is 1.37. The first-order valence-electron chi connectivity index (χ1n) is 12.2. The smallest absolute Gasteiger partial charge is 0.224 e. The van der Waals surface area contributed by atoms with E-state index in [-0.39, 0.29) is 5.91 Å². The van der Waals surface area contributed by atoms with Crippen LogP contribution in [0.15, 0.2) is 73.4 Å². The van der Waals surface area contributed by atoms with Crippen molar-refractivity contribution in [1.82, 2.24) is 35.1 Å². The molecule has 6 aromatic rings.